The second kappa shape index (κ2) is 10.6. The van der Waals surface area contributed by atoms with Crippen LogP contribution in [0.2, 0.25) is 0 Å². The third-order valence-corrected chi connectivity index (χ3v) is 8.41. The molecule has 0 saturated carbocycles. The van der Waals surface area contributed by atoms with Gasteiger partial charge in [-0.05, 0) is 46.0 Å². The third-order valence-electron chi connectivity index (χ3n) is 8.41. The van der Waals surface area contributed by atoms with Crippen LogP contribution in [0.5, 0.6) is 0 Å². The van der Waals surface area contributed by atoms with Crippen LogP contribution in [-0.4, -0.2) is 103 Å². The number of Topliss-reactive ketones (excluding diaryl/α,β-unsaturated/α-hetero) is 1. The first kappa shape index (κ1) is 26.9. The fourth-order valence-corrected chi connectivity index (χ4v) is 6.88. The van der Waals surface area contributed by atoms with Crippen molar-refractivity contribution >= 4 is 11.9 Å². The summed E-state index contributed by atoms with van der Waals surface area (Å²) in [5.74, 6) is 0.278. The van der Waals surface area contributed by atoms with Crippen LogP contribution in [0.1, 0.15) is 65.7 Å². The molecule has 7 aliphatic rings. The van der Waals surface area contributed by atoms with E-state index < -0.39 is 17.8 Å². The number of amides is 1. The summed E-state index contributed by atoms with van der Waals surface area (Å²) in [6.07, 6.45) is 1.56. The predicted octanol–water partition coefficient (Wildman–Crippen LogP) is 1.61. The minimum Gasteiger partial charge on any atom is -0.444 e. The Hall–Kier alpha value is -1.34. The van der Waals surface area contributed by atoms with Crippen LogP contribution in [0.15, 0.2) is 0 Å². The van der Waals surface area contributed by atoms with Crippen molar-refractivity contribution in [1.29, 1.82) is 0 Å². The molecule has 11 nitrogen and oxygen atoms in total. The van der Waals surface area contributed by atoms with Gasteiger partial charge in [0.15, 0.2) is 6.29 Å². The standard InChI is InChI=1S/C27H41NO10/c1-27(2,3)38-26(31)28-11-15(30)9-17-7-13(12-32-17)6-14(29)8-16-4-5-18-21(33-16)24-25-23(34-18)22-19(35-25)10-20(36-22)37-24/h13,15-25,30H,4-12H2,1-3H3,(H,28,31)/t13-,15+,16-,17+,18+,19-,20+,21?,22?,23?,24+,25-/m1/s1. The molecule has 0 spiro atoms. The van der Waals surface area contributed by atoms with Gasteiger partial charge in [-0.25, -0.2) is 4.79 Å². The Morgan fingerprint density at radius 1 is 0.895 bits per heavy atom. The van der Waals surface area contributed by atoms with E-state index in [-0.39, 0.29) is 79.5 Å². The minimum atomic E-state index is -0.746. The maximum atomic E-state index is 12.9. The molecule has 7 saturated heterocycles. The van der Waals surface area contributed by atoms with Crippen LogP contribution in [0.3, 0.4) is 0 Å². The molecule has 38 heavy (non-hydrogen) atoms. The van der Waals surface area contributed by atoms with E-state index in [1.807, 2.05) is 0 Å². The Morgan fingerprint density at radius 2 is 1.61 bits per heavy atom. The molecule has 11 heteroatoms. The van der Waals surface area contributed by atoms with Crippen LogP contribution >= 0.6 is 0 Å². The number of hydrogen-bond donors (Lipinski definition) is 2. The molecule has 0 radical (unpaired) electrons. The monoisotopic (exact) mass is 539 g/mol. The number of alkyl carbamates (subject to hydrolysis) is 1. The molecule has 1 amide bonds. The van der Waals surface area contributed by atoms with Crippen LogP contribution in [0.4, 0.5) is 4.79 Å². The van der Waals surface area contributed by atoms with Gasteiger partial charge in [0.05, 0.1) is 37.1 Å². The second-order valence-electron chi connectivity index (χ2n) is 12.7. The lowest BCUT2D eigenvalue weighted by atomic mass is 9.86. The molecular weight excluding hydrogens is 498 g/mol. The van der Waals surface area contributed by atoms with Crippen LogP contribution < -0.4 is 5.32 Å². The maximum absolute atomic E-state index is 12.9. The Labute approximate surface area is 223 Å². The van der Waals surface area contributed by atoms with E-state index in [9.17, 15) is 14.7 Å². The largest absolute Gasteiger partial charge is 0.444 e. The van der Waals surface area contributed by atoms with Gasteiger partial charge < -0.3 is 43.6 Å². The van der Waals surface area contributed by atoms with E-state index in [0.717, 1.165) is 19.3 Å². The highest BCUT2D eigenvalue weighted by Crippen LogP contribution is 2.48. The minimum absolute atomic E-state index is 0.0392. The zero-order valence-corrected chi connectivity index (χ0v) is 22.4. The average Bonchev–Trinajstić information content (AvgIpc) is 3.45. The number of nitrogens with one attached hydrogen (secondary N) is 1. The van der Waals surface area contributed by atoms with E-state index in [2.05, 4.69) is 5.32 Å². The van der Waals surface area contributed by atoms with Crippen molar-refractivity contribution in [3.05, 3.63) is 0 Å². The summed E-state index contributed by atoms with van der Waals surface area (Å²) < 4.78 is 42.3. The number of carbonyl (C=O) groups is 2. The fraction of sp³-hybridized carbons (Fsp3) is 0.926. The molecule has 7 heterocycles. The summed E-state index contributed by atoms with van der Waals surface area (Å²) in [6.45, 7) is 5.94. The molecule has 12 atom stereocenters. The summed E-state index contributed by atoms with van der Waals surface area (Å²) in [7, 11) is 0. The molecule has 7 aliphatic heterocycles. The van der Waals surface area contributed by atoms with Gasteiger partial charge in [0.1, 0.15) is 41.9 Å². The van der Waals surface area contributed by atoms with Crippen molar-refractivity contribution in [1.82, 2.24) is 5.32 Å². The summed E-state index contributed by atoms with van der Waals surface area (Å²) in [4.78, 5) is 24.7. The van der Waals surface area contributed by atoms with Crippen molar-refractivity contribution < 1.29 is 47.9 Å². The number of aliphatic hydroxyl groups is 1. The molecular formula is C27H41NO10. The predicted molar refractivity (Wildman–Crippen MR) is 130 cm³/mol. The molecule has 0 aromatic heterocycles. The first-order valence-corrected chi connectivity index (χ1v) is 14.2. The SMILES string of the molecule is CC(C)(C)OC(=O)NC[C@@H](O)C[C@@H]1C[C@@H](CC(=O)C[C@H]2CC[C@@H]3OC4C5O[C@@H]6C[C@H]5O[C@H]4[C@@H](O6)C3O2)CO1. The Bertz CT molecular complexity index is 894. The number of ether oxygens (including phenoxy) is 7. The highest BCUT2D eigenvalue weighted by Gasteiger charge is 2.64. The molecule has 7 fully saturated rings. The number of rotatable bonds is 8. The number of ketones is 1. The van der Waals surface area contributed by atoms with Gasteiger partial charge in [-0.15, -0.1) is 0 Å². The number of fused-ring (bicyclic) bond motifs is 1. The lowest BCUT2D eigenvalue weighted by Gasteiger charge is -2.46. The van der Waals surface area contributed by atoms with Crippen LogP contribution in [0.25, 0.3) is 0 Å². The summed E-state index contributed by atoms with van der Waals surface area (Å²) >= 11 is 0. The van der Waals surface area contributed by atoms with Crippen molar-refractivity contribution in [2.45, 2.75) is 139 Å². The van der Waals surface area contributed by atoms with Crippen molar-refractivity contribution in [3.63, 3.8) is 0 Å². The Morgan fingerprint density at radius 3 is 2.42 bits per heavy atom. The van der Waals surface area contributed by atoms with E-state index in [0.29, 0.717) is 32.3 Å². The van der Waals surface area contributed by atoms with Gasteiger partial charge in [0.25, 0.3) is 0 Å². The molecule has 6 bridgehead atoms. The zero-order valence-electron chi connectivity index (χ0n) is 22.4. The molecule has 3 unspecified atom stereocenters. The highest BCUT2D eigenvalue weighted by molar-refractivity contribution is 5.79. The molecule has 0 aromatic rings. The van der Waals surface area contributed by atoms with Crippen LogP contribution in [-0.2, 0) is 38.0 Å². The normalized spacial score (nSPS) is 43.9. The van der Waals surface area contributed by atoms with Crippen molar-refractivity contribution in [2.24, 2.45) is 5.92 Å². The molecule has 7 rings (SSSR count). The number of aliphatic hydroxyl groups excluding tert-OH is 1. The zero-order chi connectivity index (χ0) is 26.6. The maximum Gasteiger partial charge on any atom is 0.407 e. The van der Waals surface area contributed by atoms with E-state index in [1.165, 1.54) is 0 Å². The van der Waals surface area contributed by atoms with Gasteiger partial charge in [0, 0.05) is 32.2 Å². The van der Waals surface area contributed by atoms with Crippen molar-refractivity contribution in [3.8, 4) is 0 Å². The van der Waals surface area contributed by atoms with Gasteiger partial charge in [-0.3, -0.25) is 4.79 Å². The van der Waals surface area contributed by atoms with E-state index >= 15 is 0 Å². The Balaban J connectivity index is 0.926. The molecule has 2 N–H and O–H groups in total. The molecule has 0 aromatic carbocycles. The quantitative estimate of drug-likeness (QED) is 0.469. The number of carbonyl (C=O) groups excluding carboxylic acids is 2. The van der Waals surface area contributed by atoms with Gasteiger partial charge >= 0.3 is 6.09 Å². The summed E-state index contributed by atoms with van der Waals surface area (Å²) in [6, 6.07) is 0. The first-order valence-electron chi connectivity index (χ1n) is 14.2. The number of hydrogen-bond acceptors (Lipinski definition) is 10. The van der Waals surface area contributed by atoms with Gasteiger partial charge in [-0.1, -0.05) is 0 Å². The second-order valence-corrected chi connectivity index (χ2v) is 12.7. The molecule has 214 valence electrons. The highest BCUT2D eigenvalue weighted by atomic mass is 16.8. The van der Waals surface area contributed by atoms with Gasteiger partial charge in [-0.2, -0.15) is 0 Å². The van der Waals surface area contributed by atoms with E-state index in [4.69, 9.17) is 33.2 Å². The smallest absolute Gasteiger partial charge is 0.407 e. The van der Waals surface area contributed by atoms with Crippen LogP contribution in [0, 0.1) is 5.92 Å². The van der Waals surface area contributed by atoms with Gasteiger partial charge in [0.2, 0.25) is 0 Å². The van der Waals surface area contributed by atoms with E-state index in [1.54, 1.807) is 20.8 Å². The summed E-state index contributed by atoms with van der Waals surface area (Å²) in [5, 5.41) is 12.9. The third kappa shape index (κ3) is 5.75. The first-order chi connectivity index (χ1) is 18.1. The lowest BCUT2D eigenvalue weighted by molar-refractivity contribution is -0.264. The topological polar surface area (TPSA) is 131 Å². The fourth-order valence-electron chi connectivity index (χ4n) is 6.88. The Kier molecular flexibility index (Phi) is 7.47. The average molecular weight is 540 g/mol. The molecule has 0 aliphatic carbocycles. The lowest BCUT2D eigenvalue weighted by Crippen LogP contribution is -2.61. The van der Waals surface area contributed by atoms with Crippen molar-refractivity contribution in [2.75, 3.05) is 13.2 Å². The summed E-state index contributed by atoms with van der Waals surface area (Å²) in [5.41, 5.74) is -0.590.